The molecule has 2 N–H and O–H groups in total. The number of pyridine rings is 2. The van der Waals surface area contributed by atoms with E-state index in [-0.39, 0.29) is 41.3 Å². The molecule has 0 radical (unpaired) electrons. The van der Waals surface area contributed by atoms with Gasteiger partial charge in [-0.15, -0.1) is 0 Å². The topological polar surface area (TPSA) is 90.3 Å². The number of hydrogen-bond acceptors (Lipinski definition) is 5. The summed E-state index contributed by atoms with van der Waals surface area (Å²) in [5.74, 6) is -0.444. The summed E-state index contributed by atoms with van der Waals surface area (Å²) >= 11 is 6.48. The van der Waals surface area contributed by atoms with Gasteiger partial charge in [-0.2, -0.15) is 22.5 Å². The zero-order valence-electron chi connectivity index (χ0n) is 21.6. The average Bonchev–Trinajstić information content (AvgIpc) is 3.47. The fourth-order valence-corrected chi connectivity index (χ4v) is 6.11. The first kappa shape index (κ1) is 27.4. The number of aromatic nitrogens is 2. The lowest BCUT2D eigenvalue weighted by molar-refractivity contribution is -0.460. The number of carbonyl (C=O) groups is 1. The Kier molecular flexibility index (Phi) is 7.06. The first-order valence-corrected chi connectivity index (χ1v) is 13.5. The number of likely N-dealkylation sites (tertiary alicyclic amines) is 1. The highest BCUT2D eigenvalue weighted by Gasteiger charge is 2.41. The molecule has 0 unspecified atom stereocenters. The van der Waals surface area contributed by atoms with Gasteiger partial charge in [-0.25, -0.2) is 14.7 Å². The van der Waals surface area contributed by atoms with Crippen molar-refractivity contribution in [1.82, 2.24) is 14.9 Å². The van der Waals surface area contributed by atoms with Crippen molar-refractivity contribution in [2.75, 3.05) is 25.0 Å². The molecule has 0 saturated carbocycles. The van der Waals surface area contributed by atoms with E-state index in [0.29, 0.717) is 30.4 Å². The van der Waals surface area contributed by atoms with Gasteiger partial charge in [-0.05, 0) is 30.5 Å². The number of rotatable bonds is 5. The quantitative estimate of drug-likeness (QED) is 0.323. The molecule has 6 rings (SSSR count). The zero-order valence-corrected chi connectivity index (χ0v) is 22.4. The van der Waals surface area contributed by atoms with Crippen LogP contribution in [0, 0.1) is 5.82 Å². The lowest BCUT2D eigenvalue weighted by atomic mass is 9.99. The Hall–Kier alpha value is -3.77. The number of aromatic amines is 1. The van der Waals surface area contributed by atoms with Crippen LogP contribution >= 0.6 is 11.6 Å². The van der Waals surface area contributed by atoms with Crippen LogP contribution in [0.15, 0.2) is 47.5 Å². The third-order valence-corrected chi connectivity index (χ3v) is 7.94. The van der Waals surface area contributed by atoms with Crippen LogP contribution in [0.2, 0.25) is 5.02 Å². The van der Waals surface area contributed by atoms with E-state index in [2.05, 4.69) is 15.3 Å². The Bertz CT molecular complexity index is 1610. The van der Waals surface area contributed by atoms with Gasteiger partial charge >= 0.3 is 12.2 Å². The molecule has 0 spiro atoms. The number of urea groups is 1. The molecule has 2 atom stereocenters. The van der Waals surface area contributed by atoms with E-state index >= 15 is 4.39 Å². The smallest absolute Gasteiger partial charge is 0.473 e. The molecule has 1 saturated heterocycles. The molecule has 3 aliphatic rings. The molecule has 13 heteroatoms. The maximum absolute atomic E-state index is 15.2. The van der Waals surface area contributed by atoms with Crippen LogP contribution in [0.25, 0.3) is 11.1 Å². The van der Waals surface area contributed by atoms with Crippen molar-refractivity contribution < 1.29 is 31.7 Å². The Morgan fingerprint density at radius 2 is 2.05 bits per heavy atom. The highest BCUT2D eigenvalue weighted by atomic mass is 35.5. The number of benzene rings is 1. The van der Waals surface area contributed by atoms with Gasteiger partial charge in [-0.3, -0.25) is 9.69 Å². The summed E-state index contributed by atoms with van der Waals surface area (Å²) in [4.78, 5) is 33.1. The standard InChI is InChI=1S/C28H24ClF4N5O3/c29-21-10-23(36-27(40)38-17-2-3-24(38)20-12-34-25(39)8-16(20)7-17)22(30)9-19(21)15-1-4-26(35-11-15)41-18-5-6-37(13-18)14-28(31,32)33/h1,4,8-12,17-18H,2-3,5-7,13-14H2,(H,36,40)/p+1/t17-,18-/m0/s1. The Labute approximate surface area is 236 Å². The monoisotopic (exact) mass is 590 g/mol. The van der Waals surface area contributed by atoms with Crippen LogP contribution in [0.3, 0.4) is 0 Å². The van der Waals surface area contributed by atoms with Crippen LogP contribution in [-0.4, -0.2) is 69.1 Å². The number of nitrogens with zero attached hydrogens (tertiary/aromatic N) is 3. The van der Waals surface area contributed by atoms with Gasteiger partial charge in [0, 0.05) is 73.2 Å². The summed E-state index contributed by atoms with van der Waals surface area (Å²) < 4.78 is 60.4. The molecule has 41 heavy (non-hydrogen) atoms. The SMILES string of the molecule is O=C(Nc1cc(Cl)c(-c2ccc(O[C@H]3CCN(CC(F)(F)F)C3)nc2)cc1F)[N+]1=C2CC[C@H]1Cc1cc(=O)[nH]cc12. The number of alkyl halides is 3. The largest absolute Gasteiger partial charge is 0.496 e. The van der Waals surface area contributed by atoms with Crippen molar-refractivity contribution in [2.24, 2.45) is 0 Å². The molecule has 8 nitrogen and oxygen atoms in total. The third kappa shape index (κ3) is 5.71. The molecule has 3 aromatic rings. The average molecular weight is 591 g/mol. The molecule has 214 valence electrons. The number of anilines is 1. The lowest BCUT2D eigenvalue weighted by Gasteiger charge is -2.19. The maximum atomic E-state index is 15.2. The van der Waals surface area contributed by atoms with E-state index in [4.69, 9.17) is 16.3 Å². The molecule has 3 aliphatic heterocycles. The predicted octanol–water partition coefficient (Wildman–Crippen LogP) is 5.00. The Morgan fingerprint density at radius 1 is 1.22 bits per heavy atom. The number of fused-ring (bicyclic) bond motifs is 3. The summed E-state index contributed by atoms with van der Waals surface area (Å²) in [5.41, 5.74) is 3.07. The first-order chi connectivity index (χ1) is 19.5. The first-order valence-electron chi connectivity index (χ1n) is 13.1. The van der Waals surface area contributed by atoms with E-state index in [0.717, 1.165) is 23.3 Å². The molecule has 0 aliphatic carbocycles. The van der Waals surface area contributed by atoms with Gasteiger partial charge in [0.05, 0.1) is 11.6 Å². The number of halogens is 5. The number of amides is 2. The minimum atomic E-state index is -4.26. The lowest BCUT2D eigenvalue weighted by Crippen LogP contribution is -2.39. The van der Waals surface area contributed by atoms with Gasteiger partial charge in [-0.1, -0.05) is 11.6 Å². The minimum Gasteiger partial charge on any atom is -0.473 e. The maximum Gasteiger partial charge on any atom is 0.496 e. The van der Waals surface area contributed by atoms with Crippen molar-refractivity contribution in [2.45, 2.75) is 44.0 Å². The summed E-state index contributed by atoms with van der Waals surface area (Å²) in [5, 5.41) is 2.82. The summed E-state index contributed by atoms with van der Waals surface area (Å²) in [6, 6.07) is 6.68. The van der Waals surface area contributed by atoms with Gasteiger partial charge in [0.1, 0.15) is 17.9 Å². The molecule has 5 heterocycles. The van der Waals surface area contributed by atoms with E-state index in [1.807, 2.05) is 0 Å². The second kappa shape index (κ2) is 10.6. The zero-order chi connectivity index (χ0) is 28.9. The number of carbonyl (C=O) groups excluding carboxylic acids is 1. The summed E-state index contributed by atoms with van der Waals surface area (Å²) in [7, 11) is 0. The summed E-state index contributed by atoms with van der Waals surface area (Å²) in [6.07, 6.45) is 0.783. The normalized spacial score (nSPS) is 20.3. The number of H-pyrrole nitrogens is 1. The van der Waals surface area contributed by atoms with Crippen molar-refractivity contribution in [3.8, 4) is 17.0 Å². The molecular formula is C28H25ClF4N5O3+. The van der Waals surface area contributed by atoms with Gasteiger partial charge < -0.3 is 9.72 Å². The molecule has 1 fully saturated rings. The van der Waals surface area contributed by atoms with Crippen LogP contribution in [-0.2, 0) is 6.42 Å². The van der Waals surface area contributed by atoms with Crippen LogP contribution in [0.5, 0.6) is 5.88 Å². The number of ether oxygens (including phenoxy) is 1. The molecular weight excluding hydrogens is 566 g/mol. The molecule has 2 aromatic heterocycles. The fraction of sp³-hybridized carbons (Fsp3) is 0.357. The second-order valence-electron chi connectivity index (χ2n) is 10.5. The van der Waals surface area contributed by atoms with Crippen molar-refractivity contribution in [3.63, 3.8) is 0 Å². The molecule has 1 aromatic carbocycles. The van der Waals surface area contributed by atoms with E-state index in [1.54, 1.807) is 29.0 Å². The minimum absolute atomic E-state index is 0.0754. The van der Waals surface area contributed by atoms with Gasteiger partial charge in [0.25, 0.3) is 0 Å². The van der Waals surface area contributed by atoms with E-state index < -0.39 is 30.7 Å². The molecule has 2 bridgehead atoms. The van der Waals surface area contributed by atoms with Crippen LogP contribution in [0.1, 0.15) is 30.4 Å². The van der Waals surface area contributed by atoms with Crippen LogP contribution < -0.4 is 15.6 Å². The number of hydrogen-bond donors (Lipinski definition) is 2. The van der Waals surface area contributed by atoms with Crippen molar-refractivity contribution in [3.05, 3.63) is 75.0 Å². The fourth-order valence-electron chi connectivity index (χ4n) is 5.83. The van der Waals surface area contributed by atoms with Gasteiger partial charge in [0.2, 0.25) is 11.4 Å². The van der Waals surface area contributed by atoms with Crippen molar-refractivity contribution in [1.29, 1.82) is 0 Å². The number of nitrogens with one attached hydrogen (secondary N) is 2. The molecule has 2 amide bonds. The highest BCUT2D eigenvalue weighted by molar-refractivity contribution is 6.33. The van der Waals surface area contributed by atoms with Crippen molar-refractivity contribution >= 4 is 29.0 Å². The Balaban J connectivity index is 1.15. The predicted molar refractivity (Wildman–Crippen MR) is 143 cm³/mol. The third-order valence-electron chi connectivity index (χ3n) is 7.63. The van der Waals surface area contributed by atoms with E-state index in [9.17, 15) is 22.8 Å². The highest BCUT2D eigenvalue weighted by Crippen LogP contribution is 2.34. The summed E-state index contributed by atoms with van der Waals surface area (Å²) in [6.45, 7) is -0.545. The van der Waals surface area contributed by atoms with Crippen LogP contribution in [0.4, 0.5) is 28.0 Å². The van der Waals surface area contributed by atoms with Gasteiger partial charge in [0.15, 0.2) is 11.5 Å². The second-order valence-corrected chi connectivity index (χ2v) is 10.9. The Morgan fingerprint density at radius 3 is 2.80 bits per heavy atom. The van der Waals surface area contributed by atoms with E-state index in [1.165, 1.54) is 23.2 Å².